The summed E-state index contributed by atoms with van der Waals surface area (Å²) in [5.41, 5.74) is 28.5. The Hall–Kier alpha value is -11.2. The Morgan fingerprint density at radius 2 is 0.605 bits per heavy atom. The molecule has 6 heterocycles. The quantitative estimate of drug-likeness (QED) is 0.155. The van der Waals surface area contributed by atoms with Crippen molar-refractivity contribution in [3.63, 3.8) is 0 Å². The minimum atomic E-state index is -0.208. The Balaban J connectivity index is 1.00. The van der Waals surface area contributed by atoms with Gasteiger partial charge in [0.05, 0.1) is 33.5 Å². The van der Waals surface area contributed by atoms with E-state index in [9.17, 15) is 0 Å². The van der Waals surface area contributed by atoms with Crippen LogP contribution in [0.2, 0.25) is 0 Å². The van der Waals surface area contributed by atoms with Crippen LogP contribution in [0.5, 0.6) is 0 Å². The highest BCUT2D eigenvalue weighted by Gasteiger charge is 2.50. The molecule has 4 aliphatic rings. The van der Waals surface area contributed by atoms with E-state index in [0.29, 0.717) is 0 Å². The highest BCUT2D eigenvalue weighted by Crippen LogP contribution is 2.55. The van der Waals surface area contributed by atoms with Gasteiger partial charge in [-0.1, -0.05) is 212 Å². The third-order valence-corrected chi connectivity index (χ3v) is 18.6. The molecule has 0 aliphatic carbocycles. The molecule has 8 heteroatoms. The number of rotatable bonds is 6. The van der Waals surface area contributed by atoms with E-state index in [4.69, 9.17) is 8.83 Å². The van der Waals surface area contributed by atoms with Crippen LogP contribution >= 0.6 is 0 Å². The van der Waals surface area contributed by atoms with Gasteiger partial charge >= 0.3 is 0 Å². The average Bonchev–Trinajstić information content (AvgIpc) is 1.09. The molecule has 398 valence electrons. The highest BCUT2D eigenvalue weighted by molar-refractivity contribution is 7.03. The molecule has 86 heavy (non-hydrogen) atoms. The number of benzene rings is 13. The predicted octanol–water partition coefficient (Wildman–Crippen LogP) is 17.0. The lowest BCUT2D eigenvalue weighted by Crippen LogP contribution is -2.65. The van der Waals surface area contributed by atoms with Gasteiger partial charge in [-0.05, 0) is 111 Å². The second-order valence-corrected chi connectivity index (χ2v) is 23.0. The highest BCUT2D eigenvalue weighted by atomic mass is 16.3. The van der Waals surface area contributed by atoms with Crippen LogP contribution in [0.25, 0.3) is 66.1 Å². The van der Waals surface area contributed by atoms with Crippen molar-refractivity contribution >= 4 is 158 Å². The zero-order chi connectivity index (χ0) is 56.1. The Morgan fingerprint density at radius 1 is 0.244 bits per heavy atom. The van der Waals surface area contributed by atoms with Gasteiger partial charge in [-0.25, -0.2) is 0 Å². The SMILES string of the molecule is c1ccc(-c2ccccc2N2c3cc4c(cc3B3c5ccccc5N(c5ccccc5)c5c3c2cc2oc3ccccc3c52)B2c3ccccc3N(c3ccccc3)c3c2c(cc2oc5ccccc5c32)N4c2ccccc2-c2ccccc2)cc1. The standard InChI is InChI=1S/C78H48B2N4O2/c1-5-25-49(26-6-1)53-33-13-19-39-61(53)83-65-46-66-60(45-59(65)79-57-37-17-21-41-63(57)81(51-29-9-3-10-30-51)77-73-55-35-15-23-43-69(55)85-71(73)47-67(83)75(77)79)80-58-38-18-22-42-64(58)82(52-31-11-4-12-32-52)78-74-56-36-16-24-44-70(56)86-72(74)48-68(76(78)80)84(66)62-40-20-14-34-54(62)50-27-7-2-8-28-50/h1-48H. The van der Waals surface area contributed by atoms with Crippen molar-refractivity contribution in [3.05, 3.63) is 291 Å². The minimum absolute atomic E-state index is 0.208. The molecule has 0 bridgehead atoms. The summed E-state index contributed by atoms with van der Waals surface area (Å²) in [5.74, 6) is 0. The fraction of sp³-hybridized carbons (Fsp3) is 0. The van der Waals surface area contributed by atoms with Crippen molar-refractivity contribution in [2.75, 3.05) is 19.6 Å². The van der Waals surface area contributed by atoms with E-state index in [-0.39, 0.29) is 13.4 Å². The lowest BCUT2D eigenvalue weighted by Gasteiger charge is -2.47. The molecule has 13 aromatic carbocycles. The summed E-state index contributed by atoms with van der Waals surface area (Å²) in [6, 6.07) is 107. The summed E-state index contributed by atoms with van der Waals surface area (Å²) in [4.78, 5) is 10.2. The van der Waals surface area contributed by atoms with Crippen molar-refractivity contribution in [2.24, 2.45) is 0 Å². The largest absolute Gasteiger partial charge is 0.456 e. The maximum atomic E-state index is 7.14. The van der Waals surface area contributed by atoms with Crippen molar-refractivity contribution in [1.29, 1.82) is 0 Å². The zero-order valence-electron chi connectivity index (χ0n) is 46.5. The van der Waals surface area contributed by atoms with Gasteiger partial charge in [0.25, 0.3) is 13.4 Å². The van der Waals surface area contributed by atoms with Gasteiger partial charge in [-0.15, -0.1) is 0 Å². The second-order valence-electron chi connectivity index (χ2n) is 23.0. The molecule has 0 amide bonds. The summed E-state index contributed by atoms with van der Waals surface area (Å²) in [6.07, 6.45) is 0. The molecule has 2 aromatic heterocycles. The Bertz CT molecular complexity index is 4970. The van der Waals surface area contributed by atoms with Gasteiger partial charge < -0.3 is 28.4 Å². The second kappa shape index (κ2) is 18.1. The number of fused-ring (bicyclic) bond motifs is 16. The third-order valence-electron chi connectivity index (χ3n) is 18.6. The topological polar surface area (TPSA) is 39.2 Å². The molecule has 0 spiro atoms. The first-order valence-electron chi connectivity index (χ1n) is 29.6. The maximum absolute atomic E-state index is 7.14. The molecule has 0 atom stereocenters. The van der Waals surface area contributed by atoms with E-state index in [0.717, 1.165) is 134 Å². The number of furan rings is 2. The van der Waals surface area contributed by atoms with E-state index in [1.807, 2.05) is 0 Å². The Labute approximate surface area is 497 Å². The summed E-state index contributed by atoms with van der Waals surface area (Å²) < 4.78 is 14.3. The average molecular weight is 1090 g/mol. The van der Waals surface area contributed by atoms with E-state index >= 15 is 0 Å². The molecule has 4 aliphatic heterocycles. The van der Waals surface area contributed by atoms with Crippen LogP contribution in [0.15, 0.2) is 300 Å². The predicted molar refractivity (Wildman–Crippen MR) is 360 cm³/mol. The van der Waals surface area contributed by atoms with Crippen molar-refractivity contribution < 1.29 is 8.83 Å². The van der Waals surface area contributed by atoms with Gasteiger partial charge in [-0.2, -0.15) is 0 Å². The molecule has 0 fully saturated rings. The first kappa shape index (κ1) is 47.3. The van der Waals surface area contributed by atoms with Crippen LogP contribution in [-0.4, -0.2) is 13.4 Å². The van der Waals surface area contributed by atoms with Crippen molar-refractivity contribution in [3.8, 4) is 22.3 Å². The van der Waals surface area contributed by atoms with Crippen LogP contribution in [0.3, 0.4) is 0 Å². The molecule has 15 aromatic rings. The molecule has 0 N–H and O–H groups in total. The molecule has 0 saturated carbocycles. The van der Waals surface area contributed by atoms with Crippen LogP contribution in [0.1, 0.15) is 0 Å². The van der Waals surface area contributed by atoms with E-state index in [1.54, 1.807) is 0 Å². The van der Waals surface area contributed by atoms with E-state index in [1.165, 1.54) is 32.8 Å². The third kappa shape index (κ3) is 6.58. The first-order valence-corrected chi connectivity index (χ1v) is 29.6. The van der Waals surface area contributed by atoms with Crippen LogP contribution in [0, 0.1) is 0 Å². The fourth-order valence-electron chi connectivity index (χ4n) is 15.2. The maximum Gasteiger partial charge on any atom is 0.252 e. The Morgan fingerprint density at radius 3 is 1.05 bits per heavy atom. The molecule has 0 unspecified atom stereocenters. The van der Waals surface area contributed by atoms with Crippen LogP contribution in [0.4, 0.5) is 68.2 Å². The minimum Gasteiger partial charge on any atom is -0.456 e. The first-order chi connectivity index (χ1) is 42.7. The van der Waals surface area contributed by atoms with Crippen LogP contribution < -0.4 is 52.4 Å². The lowest BCUT2D eigenvalue weighted by molar-refractivity contribution is 0.668. The van der Waals surface area contributed by atoms with Gasteiger partial charge in [-0.3, -0.25) is 0 Å². The molecular formula is C78H48B2N4O2. The van der Waals surface area contributed by atoms with E-state index in [2.05, 4.69) is 311 Å². The number of hydrogen-bond acceptors (Lipinski definition) is 6. The number of hydrogen-bond donors (Lipinski definition) is 0. The smallest absolute Gasteiger partial charge is 0.252 e. The summed E-state index contributed by atoms with van der Waals surface area (Å²) in [6.45, 7) is -0.416. The zero-order valence-corrected chi connectivity index (χ0v) is 46.5. The van der Waals surface area contributed by atoms with Gasteiger partial charge in [0.1, 0.15) is 22.3 Å². The monoisotopic (exact) mass is 1090 g/mol. The van der Waals surface area contributed by atoms with Crippen molar-refractivity contribution in [1.82, 2.24) is 0 Å². The summed E-state index contributed by atoms with van der Waals surface area (Å²) >= 11 is 0. The van der Waals surface area contributed by atoms with Gasteiger partial charge in [0.15, 0.2) is 0 Å². The van der Waals surface area contributed by atoms with Crippen LogP contribution in [-0.2, 0) is 0 Å². The molecule has 19 rings (SSSR count). The molecular weight excluding hydrogens is 1050 g/mol. The number of anilines is 12. The van der Waals surface area contributed by atoms with Gasteiger partial charge in [0, 0.05) is 79.5 Å². The Kier molecular flexibility index (Phi) is 9.98. The van der Waals surface area contributed by atoms with E-state index < -0.39 is 0 Å². The van der Waals surface area contributed by atoms with Gasteiger partial charge in [0.2, 0.25) is 0 Å². The van der Waals surface area contributed by atoms with Crippen molar-refractivity contribution in [2.45, 2.75) is 0 Å². The molecule has 6 nitrogen and oxygen atoms in total. The summed E-state index contributed by atoms with van der Waals surface area (Å²) in [5, 5.41) is 4.37. The number of para-hydroxylation sites is 8. The summed E-state index contributed by atoms with van der Waals surface area (Å²) in [7, 11) is 0. The number of nitrogens with zero attached hydrogens (tertiary/aromatic N) is 4. The normalized spacial score (nSPS) is 13.4. The lowest BCUT2D eigenvalue weighted by atomic mass is 9.30. The molecule has 0 radical (unpaired) electrons. The molecule has 0 saturated heterocycles. The fourth-order valence-corrected chi connectivity index (χ4v) is 15.2.